The van der Waals surface area contributed by atoms with Gasteiger partial charge in [0.25, 0.3) is 5.91 Å². The molecular weight excluding hydrogens is 354 g/mol. The van der Waals surface area contributed by atoms with Crippen molar-refractivity contribution in [2.24, 2.45) is 7.05 Å². The summed E-state index contributed by atoms with van der Waals surface area (Å²) in [5.74, 6) is -0.0339. The van der Waals surface area contributed by atoms with E-state index in [4.69, 9.17) is 4.74 Å². The Bertz CT molecular complexity index is 863. The standard InChI is InChI=1S/C21H31N5O2/c1-15-18(13-17-16(2)24-25(3)19(17)23-15)20(27)22-14-21(7-5-4-6-8-21)26-9-11-28-12-10-26/h13H,4-12,14H2,1-3H3,(H,22,27). The Balaban J connectivity index is 1.54. The van der Waals surface area contributed by atoms with E-state index in [2.05, 4.69) is 20.3 Å². The molecule has 2 aromatic rings. The number of aromatic nitrogens is 3. The van der Waals surface area contributed by atoms with E-state index in [0.29, 0.717) is 12.1 Å². The molecule has 2 aromatic heterocycles. The molecule has 28 heavy (non-hydrogen) atoms. The lowest BCUT2D eigenvalue weighted by atomic mass is 9.79. The van der Waals surface area contributed by atoms with Crippen LogP contribution in [-0.4, -0.2) is 64.0 Å². The van der Waals surface area contributed by atoms with Gasteiger partial charge in [0.05, 0.1) is 30.2 Å². The van der Waals surface area contributed by atoms with Crippen LogP contribution in [0.15, 0.2) is 6.07 Å². The largest absolute Gasteiger partial charge is 0.379 e. The highest BCUT2D eigenvalue weighted by atomic mass is 16.5. The third-order valence-corrected chi connectivity index (χ3v) is 6.48. The first-order valence-electron chi connectivity index (χ1n) is 10.4. The number of pyridine rings is 1. The van der Waals surface area contributed by atoms with Crippen LogP contribution in [0.25, 0.3) is 11.0 Å². The topological polar surface area (TPSA) is 72.3 Å². The van der Waals surface area contributed by atoms with E-state index in [-0.39, 0.29) is 11.4 Å². The first-order chi connectivity index (χ1) is 13.5. The van der Waals surface area contributed by atoms with Gasteiger partial charge in [0.2, 0.25) is 0 Å². The summed E-state index contributed by atoms with van der Waals surface area (Å²) in [5, 5.41) is 8.62. The van der Waals surface area contributed by atoms with Crippen LogP contribution in [0.3, 0.4) is 0 Å². The number of nitrogens with one attached hydrogen (secondary N) is 1. The van der Waals surface area contributed by atoms with Gasteiger partial charge in [0, 0.05) is 37.6 Å². The molecule has 1 N–H and O–H groups in total. The molecule has 0 radical (unpaired) electrons. The van der Waals surface area contributed by atoms with E-state index < -0.39 is 0 Å². The van der Waals surface area contributed by atoms with E-state index in [0.717, 1.165) is 61.6 Å². The Morgan fingerprint density at radius 2 is 1.89 bits per heavy atom. The number of nitrogens with zero attached hydrogens (tertiary/aromatic N) is 4. The number of rotatable bonds is 4. The van der Waals surface area contributed by atoms with Gasteiger partial charge < -0.3 is 10.1 Å². The SMILES string of the molecule is Cc1nc2c(cc1C(=O)NCC1(N3CCOCC3)CCCCC1)c(C)nn2C. The molecule has 1 aliphatic carbocycles. The summed E-state index contributed by atoms with van der Waals surface area (Å²) in [4.78, 5) is 20.3. The lowest BCUT2D eigenvalue weighted by Gasteiger charge is -2.48. The van der Waals surface area contributed by atoms with Crippen molar-refractivity contribution < 1.29 is 9.53 Å². The van der Waals surface area contributed by atoms with Gasteiger partial charge in [-0.05, 0) is 32.8 Å². The van der Waals surface area contributed by atoms with Crippen molar-refractivity contribution in [1.82, 2.24) is 25.0 Å². The van der Waals surface area contributed by atoms with Crippen molar-refractivity contribution in [1.29, 1.82) is 0 Å². The van der Waals surface area contributed by atoms with Gasteiger partial charge >= 0.3 is 0 Å². The highest BCUT2D eigenvalue weighted by Gasteiger charge is 2.39. The number of hydrogen-bond donors (Lipinski definition) is 1. The number of aryl methyl sites for hydroxylation is 3. The molecule has 1 amide bonds. The number of morpholine rings is 1. The van der Waals surface area contributed by atoms with Crippen LogP contribution in [0.2, 0.25) is 0 Å². The minimum atomic E-state index is -0.0339. The molecule has 2 fully saturated rings. The molecule has 1 saturated carbocycles. The first-order valence-corrected chi connectivity index (χ1v) is 10.4. The van der Waals surface area contributed by atoms with Gasteiger partial charge in [0.15, 0.2) is 5.65 Å². The molecule has 0 spiro atoms. The minimum Gasteiger partial charge on any atom is -0.379 e. The summed E-state index contributed by atoms with van der Waals surface area (Å²) in [6.45, 7) is 8.03. The molecular formula is C21H31N5O2. The predicted octanol–water partition coefficient (Wildman–Crippen LogP) is 2.35. The van der Waals surface area contributed by atoms with Crippen molar-refractivity contribution >= 4 is 16.9 Å². The summed E-state index contributed by atoms with van der Waals surface area (Å²) in [6, 6.07) is 1.94. The van der Waals surface area contributed by atoms with Crippen LogP contribution >= 0.6 is 0 Å². The molecule has 152 valence electrons. The average Bonchev–Trinajstić information content (AvgIpc) is 2.99. The lowest BCUT2D eigenvalue weighted by Crippen LogP contribution is -2.59. The van der Waals surface area contributed by atoms with Crippen LogP contribution in [0.4, 0.5) is 0 Å². The van der Waals surface area contributed by atoms with E-state index in [1.807, 2.05) is 27.0 Å². The van der Waals surface area contributed by atoms with Gasteiger partial charge in [0.1, 0.15) is 0 Å². The summed E-state index contributed by atoms with van der Waals surface area (Å²) < 4.78 is 7.33. The maximum absolute atomic E-state index is 13.1. The minimum absolute atomic E-state index is 0.0339. The number of amides is 1. The van der Waals surface area contributed by atoms with E-state index in [1.165, 1.54) is 19.3 Å². The Morgan fingerprint density at radius 3 is 2.61 bits per heavy atom. The molecule has 0 atom stereocenters. The molecule has 1 aliphatic heterocycles. The summed E-state index contributed by atoms with van der Waals surface area (Å²) >= 11 is 0. The lowest BCUT2D eigenvalue weighted by molar-refractivity contribution is -0.0361. The van der Waals surface area contributed by atoms with Crippen molar-refractivity contribution in [2.75, 3.05) is 32.8 Å². The zero-order chi connectivity index (χ0) is 19.7. The molecule has 2 aliphatic rings. The van der Waals surface area contributed by atoms with Crippen molar-refractivity contribution in [3.8, 4) is 0 Å². The number of fused-ring (bicyclic) bond motifs is 1. The molecule has 0 unspecified atom stereocenters. The Morgan fingerprint density at radius 1 is 1.18 bits per heavy atom. The van der Waals surface area contributed by atoms with Crippen molar-refractivity contribution in [3.05, 3.63) is 23.0 Å². The van der Waals surface area contributed by atoms with Crippen LogP contribution in [0, 0.1) is 13.8 Å². The smallest absolute Gasteiger partial charge is 0.253 e. The van der Waals surface area contributed by atoms with Crippen molar-refractivity contribution in [2.45, 2.75) is 51.5 Å². The summed E-state index contributed by atoms with van der Waals surface area (Å²) in [5.41, 5.74) is 3.18. The Hall–Kier alpha value is -1.99. The summed E-state index contributed by atoms with van der Waals surface area (Å²) in [6.07, 6.45) is 6.04. The highest BCUT2D eigenvalue weighted by molar-refractivity contribution is 5.98. The quantitative estimate of drug-likeness (QED) is 0.875. The fourth-order valence-electron chi connectivity index (χ4n) is 4.85. The van der Waals surface area contributed by atoms with Gasteiger partial charge in [-0.15, -0.1) is 0 Å². The average molecular weight is 386 g/mol. The number of hydrogen-bond acceptors (Lipinski definition) is 5. The molecule has 1 saturated heterocycles. The van der Waals surface area contributed by atoms with Crippen LogP contribution in [0.1, 0.15) is 53.8 Å². The molecule has 3 heterocycles. The Kier molecular flexibility index (Phi) is 5.38. The van der Waals surface area contributed by atoms with E-state index >= 15 is 0 Å². The first kappa shape index (κ1) is 19.3. The van der Waals surface area contributed by atoms with Crippen LogP contribution < -0.4 is 5.32 Å². The second-order valence-electron chi connectivity index (χ2n) is 8.27. The van der Waals surface area contributed by atoms with Gasteiger partial charge in [-0.2, -0.15) is 5.10 Å². The number of carbonyl (C=O) groups excluding carboxylic acids is 1. The number of ether oxygens (including phenoxy) is 1. The predicted molar refractivity (Wildman–Crippen MR) is 109 cm³/mol. The second kappa shape index (κ2) is 7.79. The van der Waals surface area contributed by atoms with Crippen LogP contribution in [-0.2, 0) is 11.8 Å². The fourth-order valence-corrected chi connectivity index (χ4v) is 4.85. The van der Waals surface area contributed by atoms with E-state index in [9.17, 15) is 4.79 Å². The molecule has 7 nitrogen and oxygen atoms in total. The maximum atomic E-state index is 13.1. The molecule has 4 rings (SSSR count). The highest BCUT2D eigenvalue weighted by Crippen LogP contribution is 2.34. The Labute approximate surface area is 166 Å². The van der Waals surface area contributed by atoms with Crippen LogP contribution in [0.5, 0.6) is 0 Å². The normalized spacial score (nSPS) is 20.4. The molecule has 0 bridgehead atoms. The van der Waals surface area contributed by atoms with E-state index in [1.54, 1.807) is 4.68 Å². The maximum Gasteiger partial charge on any atom is 0.253 e. The zero-order valence-corrected chi connectivity index (χ0v) is 17.3. The third-order valence-electron chi connectivity index (χ3n) is 6.48. The molecule has 0 aromatic carbocycles. The van der Waals surface area contributed by atoms with Gasteiger partial charge in [-0.25, -0.2) is 4.98 Å². The monoisotopic (exact) mass is 385 g/mol. The number of carbonyl (C=O) groups is 1. The zero-order valence-electron chi connectivity index (χ0n) is 17.3. The van der Waals surface area contributed by atoms with Crippen molar-refractivity contribution in [3.63, 3.8) is 0 Å². The fraction of sp³-hybridized carbons (Fsp3) is 0.667. The summed E-state index contributed by atoms with van der Waals surface area (Å²) in [7, 11) is 1.89. The van der Waals surface area contributed by atoms with Gasteiger partial charge in [-0.3, -0.25) is 14.4 Å². The third kappa shape index (κ3) is 3.53. The van der Waals surface area contributed by atoms with Gasteiger partial charge in [-0.1, -0.05) is 19.3 Å². The second-order valence-corrected chi connectivity index (χ2v) is 8.27. The molecule has 7 heteroatoms.